The van der Waals surface area contributed by atoms with Gasteiger partial charge in [0, 0.05) is 42.2 Å². The first kappa shape index (κ1) is 23.4. The number of sulfonamides is 1. The maximum atomic E-state index is 12.7. The molecule has 0 saturated carbocycles. The highest BCUT2D eigenvalue weighted by molar-refractivity contribution is 7.89. The molecule has 1 saturated heterocycles. The van der Waals surface area contributed by atoms with E-state index in [1.807, 2.05) is 6.92 Å². The molecule has 0 spiro atoms. The number of morpholine rings is 1. The van der Waals surface area contributed by atoms with Crippen molar-refractivity contribution in [2.45, 2.75) is 24.7 Å². The standard InChI is InChI=1S/C22H23ClN4O5S/c1-15-18(23)3-2-4-19(15)24-20(28)9-10-21-25-22(26-32-21)16-5-7-17(8-6-16)33(29,30)27-11-13-31-14-12-27/h2-8H,9-14H2,1H3,(H,24,28). The highest BCUT2D eigenvalue weighted by atomic mass is 35.5. The van der Waals surface area contributed by atoms with Crippen molar-refractivity contribution < 1.29 is 22.5 Å². The van der Waals surface area contributed by atoms with Crippen LogP contribution in [0.15, 0.2) is 51.9 Å². The second kappa shape index (κ2) is 10.0. The number of halogens is 1. The predicted molar refractivity (Wildman–Crippen MR) is 122 cm³/mol. The molecule has 1 amide bonds. The van der Waals surface area contributed by atoms with Gasteiger partial charge in [-0.3, -0.25) is 4.79 Å². The van der Waals surface area contributed by atoms with E-state index in [4.69, 9.17) is 20.9 Å². The number of carbonyl (C=O) groups excluding carboxylic acids is 1. The fourth-order valence-electron chi connectivity index (χ4n) is 3.36. The molecule has 9 nitrogen and oxygen atoms in total. The first-order valence-corrected chi connectivity index (χ1v) is 12.2. The zero-order chi connectivity index (χ0) is 23.4. The van der Waals surface area contributed by atoms with E-state index in [1.165, 1.54) is 16.4 Å². The molecule has 1 fully saturated rings. The molecule has 174 valence electrons. The van der Waals surface area contributed by atoms with Crippen LogP contribution < -0.4 is 5.32 Å². The minimum absolute atomic E-state index is 0.157. The van der Waals surface area contributed by atoms with Gasteiger partial charge in [0.15, 0.2) is 0 Å². The predicted octanol–water partition coefficient (Wildman–Crippen LogP) is 3.29. The van der Waals surface area contributed by atoms with Gasteiger partial charge < -0.3 is 14.6 Å². The largest absolute Gasteiger partial charge is 0.379 e. The Morgan fingerprint density at radius 1 is 1.15 bits per heavy atom. The lowest BCUT2D eigenvalue weighted by Crippen LogP contribution is -2.40. The van der Waals surface area contributed by atoms with Crippen LogP contribution in [0.3, 0.4) is 0 Å². The van der Waals surface area contributed by atoms with E-state index in [-0.39, 0.29) is 23.6 Å². The zero-order valence-electron chi connectivity index (χ0n) is 18.0. The van der Waals surface area contributed by atoms with Crippen LogP contribution in [0.4, 0.5) is 5.69 Å². The van der Waals surface area contributed by atoms with Gasteiger partial charge in [-0.1, -0.05) is 22.8 Å². The molecule has 0 atom stereocenters. The molecule has 2 aromatic carbocycles. The summed E-state index contributed by atoms with van der Waals surface area (Å²) in [5.41, 5.74) is 2.07. The molecule has 0 radical (unpaired) electrons. The number of ether oxygens (including phenoxy) is 1. The van der Waals surface area contributed by atoms with Crippen molar-refractivity contribution >= 4 is 33.2 Å². The van der Waals surface area contributed by atoms with Crippen molar-refractivity contribution in [2.75, 3.05) is 31.6 Å². The summed E-state index contributed by atoms with van der Waals surface area (Å²) in [4.78, 5) is 16.8. The second-order valence-electron chi connectivity index (χ2n) is 7.51. The molecule has 1 aromatic heterocycles. The Labute approximate surface area is 196 Å². The van der Waals surface area contributed by atoms with Gasteiger partial charge in [0.05, 0.1) is 18.1 Å². The highest BCUT2D eigenvalue weighted by Gasteiger charge is 2.26. The minimum Gasteiger partial charge on any atom is -0.379 e. The molecule has 3 aromatic rings. The van der Waals surface area contributed by atoms with Crippen molar-refractivity contribution in [3.63, 3.8) is 0 Å². The number of carbonyl (C=O) groups is 1. The average molecular weight is 491 g/mol. The summed E-state index contributed by atoms with van der Waals surface area (Å²) in [6.45, 7) is 3.28. The summed E-state index contributed by atoms with van der Waals surface area (Å²) in [6.07, 6.45) is 0.423. The topological polar surface area (TPSA) is 115 Å². The lowest BCUT2D eigenvalue weighted by molar-refractivity contribution is -0.116. The second-order valence-corrected chi connectivity index (χ2v) is 9.86. The molecule has 33 heavy (non-hydrogen) atoms. The molecular formula is C22H23ClN4O5S. The van der Waals surface area contributed by atoms with Crippen LogP contribution >= 0.6 is 11.6 Å². The number of benzene rings is 2. The van der Waals surface area contributed by atoms with E-state index in [0.29, 0.717) is 54.3 Å². The first-order valence-electron chi connectivity index (χ1n) is 10.4. The van der Waals surface area contributed by atoms with E-state index >= 15 is 0 Å². The summed E-state index contributed by atoms with van der Waals surface area (Å²) < 4.78 is 37.4. The summed E-state index contributed by atoms with van der Waals surface area (Å²) >= 11 is 6.08. The Morgan fingerprint density at radius 2 is 1.88 bits per heavy atom. The van der Waals surface area contributed by atoms with Crippen LogP contribution in [0.1, 0.15) is 17.9 Å². The van der Waals surface area contributed by atoms with Gasteiger partial charge in [0.1, 0.15) is 0 Å². The molecule has 1 aliphatic rings. The van der Waals surface area contributed by atoms with Gasteiger partial charge in [0.25, 0.3) is 0 Å². The van der Waals surface area contributed by atoms with Crippen molar-refractivity contribution in [1.29, 1.82) is 0 Å². The first-order chi connectivity index (χ1) is 15.8. The van der Waals surface area contributed by atoms with E-state index in [1.54, 1.807) is 30.3 Å². The van der Waals surface area contributed by atoms with Gasteiger partial charge in [0.2, 0.25) is 27.6 Å². The summed E-state index contributed by atoms with van der Waals surface area (Å²) in [7, 11) is -3.57. The van der Waals surface area contributed by atoms with Gasteiger partial charge in [-0.25, -0.2) is 8.42 Å². The molecule has 1 aliphatic heterocycles. The lowest BCUT2D eigenvalue weighted by Gasteiger charge is -2.26. The van der Waals surface area contributed by atoms with E-state index in [0.717, 1.165) is 5.56 Å². The monoisotopic (exact) mass is 490 g/mol. The maximum absolute atomic E-state index is 12.7. The quantitative estimate of drug-likeness (QED) is 0.540. The normalized spacial score (nSPS) is 14.8. The third kappa shape index (κ3) is 5.41. The average Bonchev–Trinajstić information content (AvgIpc) is 3.30. The van der Waals surface area contributed by atoms with Gasteiger partial charge in [-0.15, -0.1) is 0 Å². The molecule has 0 aliphatic carbocycles. The molecule has 0 unspecified atom stereocenters. The van der Waals surface area contributed by atoms with E-state index in [2.05, 4.69) is 15.5 Å². The molecule has 11 heteroatoms. The molecule has 0 bridgehead atoms. The number of rotatable bonds is 7. The van der Waals surface area contributed by atoms with Crippen LogP contribution in [-0.2, 0) is 26.0 Å². The van der Waals surface area contributed by atoms with E-state index in [9.17, 15) is 13.2 Å². The third-order valence-corrected chi connectivity index (χ3v) is 7.62. The number of amides is 1. The number of hydrogen-bond donors (Lipinski definition) is 1. The molecule has 1 N–H and O–H groups in total. The Hall–Kier alpha value is -2.79. The van der Waals surface area contributed by atoms with Gasteiger partial charge in [-0.2, -0.15) is 9.29 Å². The molecule has 4 rings (SSSR count). The summed E-state index contributed by atoms with van der Waals surface area (Å²) in [5, 5.41) is 7.35. The SMILES string of the molecule is Cc1c(Cl)cccc1NC(=O)CCc1nc(-c2ccc(S(=O)(=O)N3CCOCC3)cc2)no1. The van der Waals surface area contributed by atoms with Crippen molar-refractivity contribution in [3.8, 4) is 11.4 Å². The number of anilines is 1. The minimum atomic E-state index is -3.57. The summed E-state index contributed by atoms with van der Waals surface area (Å²) in [6, 6.07) is 11.6. The lowest BCUT2D eigenvalue weighted by atomic mass is 10.2. The van der Waals surface area contributed by atoms with Crippen molar-refractivity contribution in [3.05, 3.63) is 58.9 Å². The van der Waals surface area contributed by atoms with E-state index < -0.39 is 10.0 Å². The fourth-order valence-corrected chi connectivity index (χ4v) is 4.94. The Balaban J connectivity index is 1.37. The van der Waals surface area contributed by atoms with Crippen LogP contribution in [-0.4, -0.2) is 55.1 Å². The molecule has 2 heterocycles. The van der Waals surface area contributed by atoms with Gasteiger partial charge >= 0.3 is 0 Å². The zero-order valence-corrected chi connectivity index (χ0v) is 19.5. The fraction of sp³-hybridized carbons (Fsp3) is 0.318. The Bertz CT molecular complexity index is 1240. The van der Waals surface area contributed by atoms with Crippen LogP contribution in [0.5, 0.6) is 0 Å². The van der Waals surface area contributed by atoms with Gasteiger partial charge in [-0.05, 0) is 48.9 Å². The summed E-state index contributed by atoms with van der Waals surface area (Å²) in [5.74, 6) is 0.442. The van der Waals surface area contributed by atoms with Crippen molar-refractivity contribution in [2.24, 2.45) is 0 Å². The Morgan fingerprint density at radius 3 is 2.61 bits per heavy atom. The maximum Gasteiger partial charge on any atom is 0.243 e. The van der Waals surface area contributed by atoms with Crippen LogP contribution in [0.25, 0.3) is 11.4 Å². The number of aryl methyl sites for hydroxylation is 1. The van der Waals surface area contributed by atoms with Crippen LogP contribution in [0.2, 0.25) is 5.02 Å². The Kier molecular flexibility index (Phi) is 7.08. The highest BCUT2D eigenvalue weighted by Crippen LogP contribution is 2.24. The number of nitrogens with one attached hydrogen (secondary N) is 1. The number of hydrogen-bond acceptors (Lipinski definition) is 7. The van der Waals surface area contributed by atoms with Crippen molar-refractivity contribution in [1.82, 2.24) is 14.4 Å². The molecular weight excluding hydrogens is 468 g/mol. The number of aromatic nitrogens is 2. The smallest absolute Gasteiger partial charge is 0.243 e. The van der Waals surface area contributed by atoms with Crippen LogP contribution in [0, 0.1) is 6.92 Å². The third-order valence-electron chi connectivity index (χ3n) is 5.30. The number of nitrogens with zero attached hydrogens (tertiary/aromatic N) is 3.